The molecule has 1 N–H and O–H groups in total. The second-order valence-corrected chi connectivity index (χ2v) is 6.02. The molecular weight excluding hydrogens is 246 g/mol. The van der Waals surface area contributed by atoms with E-state index in [-0.39, 0.29) is 6.04 Å². The maximum Gasteiger partial charge on any atom is 0.130 e. The van der Waals surface area contributed by atoms with Crippen molar-refractivity contribution >= 4 is 0 Å². The molecule has 0 unspecified atom stereocenters. The maximum absolute atomic E-state index is 10.6. The van der Waals surface area contributed by atoms with Crippen LogP contribution in [0.5, 0.6) is 0 Å². The molecule has 0 spiro atoms. The molecular formula is C18H24NO+. The second kappa shape index (κ2) is 6.21. The van der Waals surface area contributed by atoms with Crippen LogP contribution >= 0.6 is 0 Å². The number of likely N-dealkylation sites (N-methyl/N-ethyl adjacent to an activating group) is 1. The minimum absolute atomic E-state index is 0.123. The molecule has 0 aliphatic heterocycles. The van der Waals surface area contributed by atoms with E-state index < -0.39 is 6.10 Å². The predicted molar refractivity (Wildman–Crippen MR) is 83.1 cm³/mol. The lowest BCUT2D eigenvalue weighted by Crippen LogP contribution is -2.49. The molecule has 0 heterocycles. The summed E-state index contributed by atoms with van der Waals surface area (Å²) in [5.74, 6) is 0. The van der Waals surface area contributed by atoms with Gasteiger partial charge in [-0.1, -0.05) is 60.7 Å². The number of nitrogens with zero attached hydrogens (tertiary/aromatic N) is 1. The average molecular weight is 270 g/mol. The number of benzene rings is 2. The first-order chi connectivity index (χ1) is 9.50. The number of aliphatic hydroxyl groups excluding tert-OH is 1. The summed E-state index contributed by atoms with van der Waals surface area (Å²) in [6.07, 6.45) is -0.449. The van der Waals surface area contributed by atoms with Crippen LogP contribution in [0.15, 0.2) is 60.7 Å². The van der Waals surface area contributed by atoms with Gasteiger partial charge in [0.1, 0.15) is 18.7 Å². The van der Waals surface area contributed by atoms with Crippen molar-refractivity contribution in [3.8, 4) is 0 Å². The summed E-state index contributed by atoms with van der Waals surface area (Å²) in [6, 6.07) is 20.5. The molecule has 0 amide bonds. The van der Waals surface area contributed by atoms with E-state index in [1.165, 1.54) is 5.56 Å². The minimum atomic E-state index is -0.449. The van der Waals surface area contributed by atoms with Crippen molar-refractivity contribution in [1.29, 1.82) is 0 Å². The molecule has 0 aliphatic rings. The lowest BCUT2D eigenvalue weighted by molar-refractivity contribution is -0.930. The van der Waals surface area contributed by atoms with Crippen LogP contribution in [0, 0.1) is 0 Å². The Morgan fingerprint density at radius 3 is 1.95 bits per heavy atom. The molecule has 20 heavy (non-hydrogen) atoms. The third kappa shape index (κ3) is 3.47. The fourth-order valence-corrected chi connectivity index (χ4v) is 2.51. The molecule has 0 radical (unpaired) electrons. The smallest absolute Gasteiger partial charge is 0.130 e. The highest BCUT2D eigenvalue weighted by atomic mass is 16.3. The number of rotatable bonds is 5. The minimum Gasteiger partial charge on any atom is -0.382 e. The van der Waals surface area contributed by atoms with E-state index in [0.29, 0.717) is 0 Å². The van der Waals surface area contributed by atoms with Gasteiger partial charge in [0.15, 0.2) is 0 Å². The van der Waals surface area contributed by atoms with Gasteiger partial charge in [-0.3, -0.25) is 0 Å². The van der Waals surface area contributed by atoms with Crippen LogP contribution in [0.2, 0.25) is 0 Å². The summed E-state index contributed by atoms with van der Waals surface area (Å²) >= 11 is 0. The number of quaternary nitrogens is 1. The Hall–Kier alpha value is -1.64. The Balaban J connectivity index is 2.12. The van der Waals surface area contributed by atoms with Crippen LogP contribution in [0.25, 0.3) is 0 Å². The largest absolute Gasteiger partial charge is 0.382 e. The molecule has 2 nitrogen and oxygen atoms in total. The molecule has 0 aromatic heterocycles. The Bertz CT molecular complexity index is 522. The first-order valence-corrected chi connectivity index (χ1v) is 7.10. The summed E-state index contributed by atoms with van der Waals surface area (Å²) in [7, 11) is 4.34. The van der Waals surface area contributed by atoms with Crippen molar-refractivity contribution in [2.24, 2.45) is 0 Å². The van der Waals surface area contributed by atoms with Crippen LogP contribution in [-0.4, -0.2) is 29.7 Å². The maximum atomic E-state index is 10.6. The quantitative estimate of drug-likeness (QED) is 0.826. The van der Waals surface area contributed by atoms with Crippen LogP contribution in [-0.2, 0) is 6.54 Å². The fourth-order valence-electron chi connectivity index (χ4n) is 2.51. The van der Waals surface area contributed by atoms with Crippen LogP contribution in [0.1, 0.15) is 24.2 Å². The van der Waals surface area contributed by atoms with E-state index in [2.05, 4.69) is 45.3 Å². The molecule has 2 aromatic carbocycles. The van der Waals surface area contributed by atoms with Crippen molar-refractivity contribution in [1.82, 2.24) is 0 Å². The molecule has 0 bridgehead atoms. The zero-order valence-corrected chi connectivity index (χ0v) is 12.5. The standard InChI is InChI=1S/C18H24NO/c1-15(18(20)17-12-8-5-9-13-17)19(2,3)14-16-10-6-4-7-11-16/h4-13,15,18,20H,14H2,1-3H3/q+1/t15-,18+/m0/s1. The number of hydrogen-bond acceptors (Lipinski definition) is 1. The highest BCUT2D eigenvalue weighted by Crippen LogP contribution is 2.25. The average Bonchev–Trinajstić information content (AvgIpc) is 2.47. The Kier molecular flexibility index (Phi) is 4.58. The van der Waals surface area contributed by atoms with E-state index in [4.69, 9.17) is 0 Å². The van der Waals surface area contributed by atoms with Gasteiger partial charge in [-0.05, 0) is 12.5 Å². The Morgan fingerprint density at radius 2 is 1.40 bits per heavy atom. The third-order valence-corrected chi connectivity index (χ3v) is 4.13. The van der Waals surface area contributed by atoms with Crippen molar-refractivity contribution in [3.05, 3.63) is 71.8 Å². The molecule has 106 valence electrons. The lowest BCUT2D eigenvalue weighted by atomic mass is 10.0. The van der Waals surface area contributed by atoms with Crippen LogP contribution in [0.3, 0.4) is 0 Å². The monoisotopic (exact) mass is 270 g/mol. The highest BCUT2D eigenvalue weighted by molar-refractivity contribution is 5.18. The van der Waals surface area contributed by atoms with Gasteiger partial charge in [0.2, 0.25) is 0 Å². The van der Waals surface area contributed by atoms with Crippen molar-refractivity contribution in [2.45, 2.75) is 25.6 Å². The van der Waals surface area contributed by atoms with E-state index in [1.807, 2.05) is 36.4 Å². The molecule has 0 saturated heterocycles. The predicted octanol–water partition coefficient (Wildman–Crippen LogP) is 3.39. The van der Waals surface area contributed by atoms with Gasteiger partial charge in [-0.15, -0.1) is 0 Å². The summed E-state index contributed by atoms with van der Waals surface area (Å²) in [4.78, 5) is 0. The summed E-state index contributed by atoms with van der Waals surface area (Å²) in [5.41, 5.74) is 2.28. The Labute approximate surface area is 121 Å². The fraction of sp³-hybridized carbons (Fsp3) is 0.333. The molecule has 2 rings (SSSR count). The molecule has 0 saturated carbocycles. The van der Waals surface area contributed by atoms with E-state index in [1.54, 1.807) is 0 Å². The molecule has 0 aliphatic carbocycles. The second-order valence-electron chi connectivity index (χ2n) is 6.02. The zero-order valence-electron chi connectivity index (χ0n) is 12.5. The van der Waals surface area contributed by atoms with Crippen molar-refractivity contribution in [3.63, 3.8) is 0 Å². The SMILES string of the molecule is C[C@@H]([C@@H](O)c1ccccc1)[N+](C)(C)Cc1ccccc1. The summed E-state index contributed by atoms with van der Waals surface area (Å²) in [5, 5.41) is 10.6. The van der Waals surface area contributed by atoms with Gasteiger partial charge >= 0.3 is 0 Å². The molecule has 2 atom stereocenters. The van der Waals surface area contributed by atoms with Gasteiger partial charge in [0, 0.05) is 5.56 Å². The van der Waals surface area contributed by atoms with Crippen LogP contribution in [0.4, 0.5) is 0 Å². The van der Waals surface area contributed by atoms with Crippen LogP contribution < -0.4 is 0 Å². The van der Waals surface area contributed by atoms with E-state index >= 15 is 0 Å². The topological polar surface area (TPSA) is 20.2 Å². The van der Waals surface area contributed by atoms with Crippen molar-refractivity contribution in [2.75, 3.05) is 14.1 Å². The van der Waals surface area contributed by atoms with Gasteiger partial charge in [-0.25, -0.2) is 0 Å². The lowest BCUT2D eigenvalue weighted by Gasteiger charge is -2.38. The summed E-state index contributed by atoms with van der Waals surface area (Å²) in [6.45, 7) is 3.02. The number of aliphatic hydroxyl groups is 1. The first-order valence-electron chi connectivity index (χ1n) is 7.10. The molecule has 2 aromatic rings. The van der Waals surface area contributed by atoms with Gasteiger partial charge < -0.3 is 9.59 Å². The van der Waals surface area contributed by atoms with Crippen molar-refractivity contribution < 1.29 is 9.59 Å². The number of hydrogen-bond donors (Lipinski definition) is 1. The van der Waals surface area contributed by atoms with Gasteiger partial charge in [-0.2, -0.15) is 0 Å². The Morgan fingerprint density at radius 1 is 0.900 bits per heavy atom. The summed E-state index contributed by atoms with van der Waals surface area (Å²) < 4.78 is 0.750. The van der Waals surface area contributed by atoms with Gasteiger partial charge in [0.25, 0.3) is 0 Å². The molecule has 2 heteroatoms. The highest BCUT2D eigenvalue weighted by Gasteiger charge is 2.31. The normalized spacial score (nSPS) is 14.8. The third-order valence-electron chi connectivity index (χ3n) is 4.13. The first kappa shape index (κ1) is 14.8. The van der Waals surface area contributed by atoms with E-state index in [0.717, 1.165) is 16.6 Å². The van der Waals surface area contributed by atoms with Gasteiger partial charge in [0.05, 0.1) is 14.1 Å². The molecule has 0 fully saturated rings. The van der Waals surface area contributed by atoms with E-state index in [9.17, 15) is 5.11 Å². The zero-order chi connectivity index (χ0) is 14.6.